The number of halogens is 4. The average Bonchev–Trinajstić information content (AvgIpc) is 2.35. The molecule has 106 valence electrons. The van der Waals surface area contributed by atoms with Gasteiger partial charge in [0, 0.05) is 17.3 Å². The second-order valence-electron chi connectivity index (χ2n) is 4.13. The third-order valence-corrected chi connectivity index (χ3v) is 2.64. The van der Waals surface area contributed by atoms with Crippen LogP contribution >= 0.6 is 0 Å². The van der Waals surface area contributed by atoms with Crippen molar-refractivity contribution in [2.75, 3.05) is 5.73 Å². The van der Waals surface area contributed by atoms with Crippen LogP contribution in [0, 0.1) is 5.82 Å². The van der Waals surface area contributed by atoms with Gasteiger partial charge < -0.3 is 10.5 Å². The molecule has 0 spiro atoms. The first-order valence-electron chi connectivity index (χ1n) is 5.71. The van der Waals surface area contributed by atoms with Crippen molar-refractivity contribution in [3.63, 3.8) is 0 Å². The fourth-order valence-electron chi connectivity index (χ4n) is 1.77. The monoisotopic (exact) mass is 285 g/mol. The van der Waals surface area contributed by atoms with Gasteiger partial charge in [-0.3, -0.25) is 0 Å². The molecular weight excluding hydrogens is 274 g/mol. The molecule has 0 unspecified atom stereocenters. The summed E-state index contributed by atoms with van der Waals surface area (Å²) >= 11 is 0. The molecule has 0 radical (unpaired) electrons. The zero-order chi connectivity index (χ0) is 14.8. The van der Waals surface area contributed by atoms with Gasteiger partial charge >= 0.3 is 6.18 Å². The number of benzene rings is 2. The summed E-state index contributed by atoms with van der Waals surface area (Å²) in [5.41, 5.74) is 4.39. The second-order valence-corrected chi connectivity index (χ2v) is 4.13. The van der Waals surface area contributed by atoms with E-state index in [2.05, 4.69) is 0 Å². The number of anilines is 1. The molecule has 0 saturated heterocycles. The van der Waals surface area contributed by atoms with Gasteiger partial charge in [-0.2, -0.15) is 13.2 Å². The van der Waals surface area contributed by atoms with Crippen molar-refractivity contribution in [3.05, 3.63) is 59.4 Å². The predicted octanol–water partition coefficient (Wildman–Crippen LogP) is 4.01. The number of hydrogen-bond acceptors (Lipinski definition) is 2. The summed E-state index contributed by atoms with van der Waals surface area (Å²) in [6, 6.07) is 9.43. The molecule has 0 saturated carbocycles. The molecule has 0 aliphatic heterocycles. The van der Waals surface area contributed by atoms with E-state index in [4.69, 9.17) is 10.5 Å². The fourth-order valence-corrected chi connectivity index (χ4v) is 1.77. The molecule has 0 amide bonds. The van der Waals surface area contributed by atoms with Crippen LogP contribution in [0.5, 0.6) is 5.75 Å². The van der Waals surface area contributed by atoms with Crippen LogP contribution in [0.4, 0.5) is 23.2 Å². The minimum absolute atomic E-state index is 0.264. The van der Waals surface area contributed by atoms with Crippen molar-refractivity contribution in [2.24, 2.45) is 0 Å². The van der Waals surface area contributed by atoms with Gasteiger partial charge in [0.25, 0.3) is 0 Å². The predicted molar refractivity (Wildman–Crippen MR) is 66.6 cm³/mol. The highest BCUT2D eigenvalue weighted by Crippen LogP contribution is 2.34. The SMILES string of the molecule is Nc1cccc(OCc2cccc(F)c2C(F)(F)F)c1. The molecule has 2 nitrogen and oxygen atoms in total. The van der Waals surface area contributed by atoms with Gasteiger partial charge in [0.1, 0.15) is 18.2 Å². The average molecular weight is 285 g/mol. The summed E-state index contributed by atoms with van der Waals surface area (Å²) in [5.74, 6) is -0.992. The number of rotatable bonds is 3. The van der Waals surface area contributed by atoms with Gasteiger partial charge in [-0.25, -0.2) is 4.39 Å². The quantitative estimate of drug-likeness (QED) is 0.683. The lowest BCUT2D eigenvalue weighted by Crippen LogP contribution is -2.13. The maximum absolute atomic E-state index is 13.3. The molecule has 0 aliphatic rings. The lowest BCUT2D eigenvalue weighted by atomic mass is 10.1. The van der Waals surface area contributed by atoms with Crippen molar-refractivity contribution in [3.8, 4) is 5.75 Å². The van der Waals surface area contributed by atoms with Gasteiger partial charge in [-0.15, -0.1) is 0 Å². The molecule has 2 rings (SSSR count). The van der Waals surface area contributed by atoms with E-state index in [0.29, 0.717) is 11.4 Å². The van der Waals surface area contributed by atoms with E-state index in [9.17, 15) is 17.6 Å². The highest BCUT2D eigenvalue weighted by Gasteiger charge is 2.36. The standard InChI is InChI=1S/C14H11F4NO/c15-12-6-1-3-9(13(12)14(16,17)18)8-20-11-5-2-4-10(19)7-11/h1-7H,8,19H2. The Bertz CT molecular complexity index is 610. The van der Waals surface area contributed by atoms with E-state index in [-0.39, 0.29) is 5.56 Å². The van der Waals surface area contributed by atoms with Crippen molar-refractivity contribution < 1.29 is 22.3 Å². The molecule has 0 aliphatic carbocycles. The number of ether oxygens (including phenoxy) is 1. The molecule has 6 heteroatoms. The molecule has 0 bridgehead atoms. The summed E-state index contributed by atoms with van der Waals surface area (Å²) in [5, 5.41) is 0. The van der Waals surface area contributed by atoms with E-state index in [0.717, 1.165) is 6.07 Å². The van der Waals surface area contributed by atoms with Gasteiger partial charge in [0.05, 0.1) is 5.56 Å². The van der Waals surface area contributed by atoms with E-state index in [1.54, 1.807) is 18.2 Å². The molecule has 20 heavy (non-hydrogen) atoms. The first-order valence-corrected chi connectivity index (χ1v) is 5.71. The second kappa shape index (κ2) is 5.40. The van der Waals surface area contributed by atoms with Gasteiger partial charge in [-0.05, 0) is 18.2 Å². The largest absolute Gasteiger partial charge is 0.489 e. The smallest absolute Gasteiger partial charge is 0.419 e. The number of hydrogen-bond donors (Lipinski definition) is 1. The van der Waals surface area contributed by atoms with E-state index in [1.165, 1.54) is 18.2 Å². The Morgan fingerprint density at radius 3 is 2.40 bits per heavy atom. The van der Waals surface area contributed by atoms with Gasteiger partial charge in [0.2, 0.25) is 0 Å². The first-order chi connectivity index (χ1) is 9.38. The number of alkyl halides is 3. The van der Waals surface area contributed by atoms with Crippen molar-refractivity contribution in [1.82, 2.24) is 0 Å². The summed E-state index contributed by atoms with van der Waals surface area (Å²) in [7, 11) is 0. The third-order valence-electron chi connectivity index (χ3n) is 2.64. The molecule has 2 N–H and O–H groups in total. The number of nitrogen functional groups attached to an aromatic ring is 1. The maximum Gasteiger partial charge on any atom is 0.419 e. The highest BCUT2D eigenvalue weighted by atomic mass is 19.4. The summed E-state index contributed by atoms with van der Waals surface area (Å²) in [6.07, 6.45) is -4.76. The lowest BCUT2D eigenvalue weighted by Gasteiger charge is -2.14. The summed E-state index contributed by atoms with van der Waals surface area (Å²) in [4.78, 5) is 0. The lowest BCUT2D eigenvalue weighted by molar-refractivity contribution is -0.141. The Hall–Kier alpha value is -2.24. The van der Waals surface area contributed by atoms with E-state index >= 15 is 0 Å². The Kier molecular flexibility index (Phi) is 3.83. The van der Waals surface area contributed by atoms with Gasteiger partial charge in [0.15, 0.2) is 0 Å². The summed E-state index contributed by atoms with van der Waals surface area (Å²) < 4.78 is 56.9. The van der Waals surface area contributed by atoms with E-state index in [1.807, 2.05) is 0 Å². The Balaban J connectivity index is 2.24. The molecule has 2 aromatic rings. The van der Waals surface area contributed by atoms with Crippen LogP contribution < -0.4 is 10.5 Å². The molecule has 0 aromatic heterocycles. The third kappa shape index (κ3) is 3.20. The molecule has 2 aromatic carbocycles. The normalized spacial score (nSPS) is 11.4. The van der Waals surface area contributed by atoms with Crippen LogP contribution in [-0.4, -0.2) is 0 Å². The van der Waals surface area contributed by atoms with Crippen LogP contribution in [-0.2, 0) is 12.8 Å². The molecular formula is C14H11F4NO. The molecule has 0 fully saturated rings. The Labute approximate surface area is 112 Å². The van der Waals surface area contributed by atoms with Crippen LogP contribution in [0.25, 0.3) is 0 Å². The van der Waals surface area contributed by atoms with Crippen molar-refractivity contribution in [2.45, 2.75) is 12.8 Å². The topological polar surface area (TPSA) is 35.2 Å². The van der Waals surface area contributed by atoms with Crippen LogP contribution in [0.2, 0.25) is 0 Å². The Morgan fingerprint density at radius 1 is 1.05 bits per heavy atom. The zero-order valence-electron chi connectivity index (χ0n) is 10.2. The fraction of sp³-hybridized carbons (Fsp3) is 0.143. The highest BCUT2D eigenvalue weighted by molar-refractivity contribution is 5.43. The van der Waals surface area contributed by atoms with Gasteiger partial charge in [-0.1, -0.05) is 18.2 Å². The summed E-state index contributed by atoms with van der Waals surface area (Å²) in [6.45, 7) is -0.393. The number of nitrogens with two attached hydrogens (primary N) is 1. The maximum atomic E-state index is 13.3. The molecule has 0 atom stereocenters. The van der Waals surface area contributed by atoms with E-state index < -0.39 is 24.2 Å². The van der Waals surface area contributed by atoms with Crippen molar-refractivity contribution in [1.29, 1.82) is 0 Å². The van der Waals surface area contributed by atoms with Crippen LogP contribution in [0.3, 0.4) is 0 Å². The minimum atomic E-state index is -4.76. The first kappa shape index (κ1) is 14.2. The van der Waals surface area contributed by atoms with Crippen LogP contribution in [0.1, 0.15) is 11.1 Å². The Morgan fingerprint density at radius 2 is 1.75 bits per heavy atom. The molecule has 0 heterocycles. The minimum Gasteiger partial charge on any atom is -0.489 e. The zero-order valence-corrected chi connectivity index (χ0v) is 10.2. The van der Waals surface area contributed by atoms with Crippen molar-refractivity contribution >= 4 is 5.69 Å². The van der Waals surface area contributed by atoms with Crippen LogP contribution in [0.15, 0.2) is 42.5 Å².